The number of benzene rings is 1. The molecule has 0 atom stereocenters. The van der Waals surface area contributed by atoms with Crippen LogP contribution < -0.4 is 5.32 Å². The molecule has 1 heterocycles. The quantitative estimate of drug-likeness (QED) is 0.670. The van der Waals surface area contributed by atoms with Crippen LogP contribution >= 0.6 is 11.6 Å². The summed E-state index contributed by atoms with van der Waals surface area (Å²) in [6.45, 7) is 0.208. The van der Waals surface area contributed by atoms with Crippen LogP contribution in [0.5, 0.6) is 0 Å². The Morgan fingerprint density at radius 2 is 2.13 bits per heavy atom. The predicted molar refractivity (Wildman–Crippen MR) is 83.3 cm³/mol. The number of hydrogen-bond acceptors (Lipinski definition) is 5. The molecule has 3 rings (SSSR count). The Morgan fingerprint density at radius 3 is 2.83 bits per heavy atom. The number of nitro groups is 1. The Balaban J connectivity index is 1.71. The third-order valence-corrected chi connectivity index (χ3v) is 3.91. The number of aromatic nitrogens is 2. The van der Waals surface area contributed by atoms with Gasteiger partial charge in [-0.15, -0.1) is 0 Å². The average Bonchev–Trinajstić information content (AvgIpc) is 3.38. The van der Waals surface area contributed by atoms with Gasteiger partial charge in [0.25, 0.3) is 11.6 Å². The van der Waals surface area contributed by atoms with Crippen molar-refractivity contribution in [3.8, 4) is 0 Å². The molecule has 2 aromatic rings. The maximum absolute atomic E-state index is 12.2. The van der Waals surface area contributed by atoms with Gasteiger partial charge in [0.2, 0.25) is 0 Å². The van der Waals surface area contributed by atoms with Crippen LogP contribution in [0.4, 0.5) is 5.69 Å². The molecule has 118 valence electrons. The zero-order valence-electron chi connectivity index (χ0n) is 12.0. The second-order valence-electron chi connectivity index (χ2n) is 5.31. The minimum absolute atomic E-state index is 0.0670. The normalized spacial score (nSPS) is 13.6. The molecule has 8 heteroatoms. The molecule has 0 radical (unpaired) electrons. The Kier molecular flexibility index (Phi) is 4.20. The van der Waals surface area contributed by atoms with Crippen LogP contribution in [0.15, 0.2) is 30.6 Å². The first kappa shape index (κ1) is 15.4. The molecule has 23 heavy (non-hydrogen) atoms. The van der Waals surface area contributed by atoms with Crippen molar-refractivity contribution in [2.24, 2.45) is 0 Å². The summed E-state index contributed by atoms with van der Waals surface area (Å²) < 4.78 is 0. The van der Waals surface area contributed by atoms with E-state index in [-0.39, 0.29) is 22.8 Å². The third kappa shape index (κ3) is 3.62. The lowest BCUT2D eigenvalue weighted by Gasteiger charge is -2.07. The summed E-state index contributed by atoms with van der Waals surface area (Å²) in [6.07, 6.45) is 3.74. The van der Waals surface area contributed by atoms with E-state index in [9.17, 15) is 14.9 Å². The van der Waals surface area contributed by atoms with Gasteiger partial charge in [0, 0.05) is 23.7 Å². The SMILES string of the molecule is O=C(NCc1cc(C2CC2)ncn1)c1cc([N+](=O)[O-])ccc1Cl. The van der Waals surface area contributed by atoms with E-state index in [1.54, 1.807) is 0 Å². The number of non-ortho nitro benzene ring substituents is 1. The molecule has 1 aliphatic rings. The summed E-state index contributed by atoms with van der Waals surface area (Å²) in [6, 6.07) is 5.62. The van der Waals surface area contributed by atoms with E-state index in [1.807, 2.05) is 6.07 Å². The molecule has 0 saturated heterocycles. The summed E-state index contributed by atoms with van der Waals surface area (Å²) >= 11 is 5.94. The van der Waals surface area contributed by atoms with E-state index in [0.717, 1.165) is 24.6 Å². The molecule has 0 spiro atoms. The molecule has 1 saturated carbocycles. The van der Waals surface area contributed by atoms with Crippen molar-refractivity contribution >= 4 is 23.2 Å². The van der Waals surface area contributed by atoms with Crippen molar-refractivity contribution in [2.45, 2.75) is 25.3 Å². The van der Waals surface area contributed by atoms with Gasteiger partial charge in [0.05, 0.1) is 27.7 Å². The summed E-state index contributed by atoms with van der Waals surface area (Å²) in [5.74, 6) is 0.0175. The number of nitrogens with zero attached hydrogens (tertiary/aromatic N) is 3. The van der Waals surface area contributed by atoms with Crippen molar-refractivity contribution in [3.05, 3.63) is 62.7 Å². The van der Waals surface area contributed by atoms with Crippen molar-refractivity contribution in [1.82, 2.24) is 15.3 Å². The standard InChI is InChI=1S/C15H13ClN4O3/c16-13-4-3-11(20(22)23)6-12(13)15(21)17-7-10-5-14(9-1-2-9)19-8-18-10/h3-6,8-9H,1-2,7H2,(H,17,21). The lowest BCUT2D eigenvalue weighted by atomic mass is 10.2. The van der Waals surface area contributed by atoms with Crippen LogP contribution in [0.25, 0.3) is 0 Å². The largest absolute Gasteiger partial charge is 0.346 e. The number of nitrogens with one attached hydrogen (secondary N) is 1. The van der Waals surface area contributed by atoms with Crippen LogP contribution in [0, 0.1) is 10.1 Å². The summed E-state index contributed by atoms with van der Waals surface area (Å²) in [5.41, 5.74) is 1.56. The zero-order chi connectivity index (χ0) is 16.4. The first-order valence-corrected chi connectivity index (χ1v) is 7.45. The zero-order valence-corrected chi connectivity index (χ0v) is 12.8. The lowest BCUT2D eigenvalue weighted by molar-refractivity contribution is -0.384. The first-order valence-electron chi connectivity index (χ1n) is 7.07. The summed E-state index contributed by atoms with van der Waals surface area (Å²) in [7, 11) is 0. The molecule has 1 aromatic heterocycles. The average molecular weight is 333 g/mol. The van der Waals surface area contributed by atoms with E-state index >= 15 is 0 Å². The van der Waals surface area contributed by atoms with Crippen molar-refractivity contribution in [2.75, 3.05) is 0 Å². The second-order valence-corrected chi connectivity index (χ2v) is 5.72. The molecule has 1 amide bonds. The molecular weight excluding hydrogens is 320 g/mol. The number of rotatable bonds is 5. The Bertz CT molecular complexity index is 777. The van der Waals surface area contributed by atoms with Gasteiger partial charge in [0.15, 0.2) is 0 Å². The van der Waals surface area contributed by atoms with Crippen molar-refractivity contribution in [3.63, 3.8) is 0 Å². The van der Waals surface area contributed by atoms with Crippen LogP contribution in [0.2, 0.25) is 5.02 Å². The fourth-order valence-electron chi connectivity index (χ4n) is 2.18. The smallest absolute Gasteiger partial charge is 0.270 e. The van der Waals surface area contributed by atoms with E-state index in [0.29, 0.717) is 11.6 Å². The van der Waals surface area contributed by atoms with Crippen molar-refractivity contribution < 1.29 is 9.72 Å². The summed E-state index contributed by atoms with van der Waals surface area (Å²) in [5, 5.41) is 13.6. The van der Waals surface area contributed by atoms with Gasteiger partial charge in [-0.3, -0.25) is 14.9 Å². The first-order chi connectivity index (χ1) is 11.0. The highest BCUT2D eigenvalue weighted by Crippen LogP contribution is 2.38. The molecule has 1 aliphatic carbocycles. The molecule has 7 nitrogen and oxygen atoms in total. The molecular formula is C15H13ClN4O3. The molecule has 1 fully saturated rings. The van der Waals surface area contributed by atoms with E-state index in [4.69, 9.17) is 11.6 Å². The van der Waals surface area contributed by atoms with Gasteiger partial charge < -0.3 is 5.32 Å². The number of amides is 1. The fourth-order valence-corrected chi connectivity index (χ4v) is 2.38. The van der Waals surface area contributed by atoms with Gasteiger partial charge >= 0.3 is 0 Å². The molecule has 0 aliphatic heterocycles. The second kappa shape index (κ2) is 6.29. The maximum atomic E-state index is 12.2. The third-order valence-electron chi connectivity index (χ3n) is 3.58. The van der Waals surface area contributed by atoms with Crippen LogP contribution in [-0.4, -0.2) is 20.8 Å². The highest BCUT2D eigenvalue weighted by atomic mass is 35.5. The predicted octanol–water partition coefficient (Wildman–Crippen LogP) is 2.85. The van der Waals surface area contributed by atoms with Crippen molar-refractivity contribution in [1.29, 1.82) is 0 Å². The van der Waals surface area contributed by atoms with Gasteiger partial charge in [-0.1, -0.05) is 11.6 Å². The fraction of sp³-hybridized carbons (Fsp3) is 0.267. The maximum Gasteiger partial charge on any atom is 0.270 e. The topological polar surface area (TPSA) is 98.0 Å². The Hall–Kier alpha value is -2.54. The van der Waals surface area contributed by atoms with E-state index < -0.39 is 10.8 Å². The highest BCUT2D eigenvalue weighted by molar-refractivity contribution is 6.33. The molecule has 1 N–H and O–H groups in total. The van der Waals surface area contributed by atoms with Gasteiger partial charge in [-0.25, -0.2) is 9.97 Å². The van der Waals surface area contributed by atoms with E-state index in [1.165, 1.54) is 18.5 Å². The molecule has 1 aromatic carbocycles. The number of hydrogen-bond donors (Lipinski definition) is 1. The molecule has 0 bridgehead atoms. The number of carbonyl (C=O) groups is 1. The number of nitro benzene ring substituents is 1. The van der Waals surface area contributed by atoms with Gasteiger partial charge in [-0.2, -0.15) is 0 Å². The molecule has 0 unspecified atom stereocenters. The summed E-state index contributed by atoms with van der Waals surface area (Å²) in [4.78, 5) is 30.7. The number of halogens is 1. The number of carbonyl (C=O) groups excluding carboxylic acids is 1. The Morgan fingerprint density at radius 1 is 1.35 bits per heavy atom. The highest BCUT2D eigenvalue weighted by Gasteiger charge is 2.25. The van der Waals surface area contributed by atoms with Gasteiger partial charge in [-0.05, 0) is 25.0 Å². The minimum atomic E-state index is -0.570. The van der Waals surface area contributed by atoms with Crippen LogP contribution in [-0.2, 0) is 6.54 Å². The van der Waals surface area contributed by atoms with Gasteiger partial charge in [0.1, 0.15) is 6.33 Å². The Labute approximate surface area is 136 Å². The van der Waals surface area contributed by atoms with Crippen LogP contribution in [0.1, 0.15) is 40.5 Å². The van der Waals surface area contributed by atoms with Crippen LogP contribution in [0.3, 0.4) is 0 Å². The monoisotopic (exact) mass is 332 g/mol. The lowest BCUT2D eigenvalue weighted by Crippen LogP contribution is -2.24. The minimum Gasteiger partial charge on any atom is -0.346 e. The van der Waals surface area contributed by atoms with E-state index in [2.05, 4.69) is 15.3 Å².